The van der Waals surface area contributed by atoms with Crippen molar-refractivity contribution in [3.8, 4) is 0 Å². The molecule has 0 spiro atoms. The van der Waals surface area contributed by atoms with Crippen molar-refractivity contribution >= 4 is 133 Å². The largest absolute Gasteiger partial charge is 0.460 e. The summed E-state index contributed by atoms with van der Waals surface area (Å²) in [5, 5.41) is 0. The zero-order valence-electron chi connectivity index (χ0n) is 69.3. The highest BCUT2D eigenvalue weighted by Gasteiger charge is 2.56. The van der Waals surface area contributed by atoms with Crippen molar-refractivity contribution in [2.45, 2.75) is 290 Å². The molecule has 2 N–H and O–H groups in total. The van der Waals surface area contributed by atoms with Gasteiger partial charge >= 0.3 is 100 Å². The number of carbonyl (C=O) groups excluding carboxylic acids is 5. The first-order valence-corrected chi connectivity index (χ1v) is 69.8. The van der Waals surface area contributed by atoms with Gasteiger partial charge in [0, 0.05) is 63.4 Å². The van der Waals surface area contributed by atoms with Crippen molar-refractivity contribution in [1.82, 2.24) is 0 Å². The van der Waals surface area contributed by atoms with Crippen LogP contribution in [-0.2, 0) is 119 Å². The minimum Gasteiger partial charge on any atom is -0.460 e. The normalized spacial score (nSPS) is 18.4. The lowest BCUT2D eigenvalue weighted by atomic mass is 10.4. The molecule has 1 rings (SSSR count). The van der Waals surface area contributed by atoms with E-state index in [-0.39, 0.29) is 111 Å². The lowest BCUT2D eigenvalue weighted by molar-refractivity contribution is -0.140. The maximum absolute atomic E-state index is 11.4. The van der Waals surface area contributed by atoms with E-state index in [0.717, 1.165) is 67.8 Å². The van der Waals surface area contributed by atoms with E-state index in [1.165, 1.54) is 12.8 Å². The molecule has 1 aliphatic rings. The highest BCUT2D eigenvalue weighted by molar-refractivity contribution is 7.79. The fourth-order valence-corrected chi connectivity index (χ4v) is 65.4. The first-order valence-electron chi connectivity index (χ1n) is 37.1. The van der Waals surface area contributed by atoms with Gasteiger partial charge in [0.25, 0.3) is 0 Å². The van der Waals surface area contributed by atoms with Crippen molar-refractivity contribution in [2.75, 3.05) is 99.1 Å². The smallest absolute Gasteiger partial charge is 0.394 e. The highest BCUT2D eigenvalue weighted by Crippen LogP contribution is 2.39. The Balaban J connectivity index is -0.000000195. The molecule has 2 unspecified atom stereocenters. The van der Waals surface area contributed by atoms with E-state index in [9.17, 15) is 24.0 Å². The van der Waals surface area contributed by atoms with Crippen LogP contribution in [0.25, 0.3) is 0 Å². The summed E-state index contributed by atoms with van der Waals surface area (Å²) in [7, 11) is -29.7. The van der Waals surface area contributed by atoms with Crippen LogP contribution in [0.3, 0.4) is 0 Å². The summed E-state index contributed by atoms with van der Waals surface area (Å²) >= 11 is 0. The zero-order valence-corrected chi connectivity index (χ0v) is 81.1. The third-order valence-electron chi connectivity index (χ3n) is 14.0. The van der Waals surface area contributed by atoms with Crippen LogP contribution < -0.4 is 0 Å². The average molecular weight is 1850 g/mol. The second kappa shape index (κ2) is 68.3. The minimum absolute atomic E-state index is 0. The maximum Gasteiger partial charge on any atom is 0.394 e. The van der Waals surface area contributed by atoms with E-state index in [4.69, 9.17) is 102 Å². The van der Waals surface area contributed by atoms with Gasteiger partial charge in [-0.05, 0) is 199 Å². The summed E-state index contributed by atoms with van der Waals surface area (Å²) < 4.78 is 147. The molecule has 0 aromatic rings. The molecule has 1 aliphatic heterocycles. The van der Waals surface area contributed by atoms with Crippen molar-refractivity contribution in [2.24, 2.45) is 0 Å². The van der Waals surface area contributed by atoms with Crippen molar-refractivity contribution < 1.29 is 126 Å². The fourth-order valence-electron chi connectivity index (χ4n) is 11.0. The first kappa shape index (κ1) is 132. The molecule has 40 heteroatoms. The number of esters is 5. The third-order valence-corrected chi connectivity index (χ3v) is 56.8. The van der Waals surface area contributed by atoms with Gasteiger partial charge < -0.3 is 84.4 Å². The average Bonchev–Trinajstić information content (AvgIpc) is 0.767. The fraction of sp³-hybridized carbons (Fsp3) is 0.797. The van der Waals surface area contributed by atoms with Crippen LogP contribution in [0.1, 0.15) is 124 Å². The summed E-state index contributed by atoms with van der Waals surface area (Å²) in [6.07, 6.45) is 13.7. The predicted octanol–water partition coefficient (Wildman–Crippen LogP) is 19.0. The van der Waals surface area contributed by atoms with Crippen molar-refractivity contribution in [3.63, 3.8) is 0 Å². The van der Waals surface area contributed by atoms with Gasteiger partial charge in [0.1, 0.15) is 33.0 Å². The van der Waals surface area contributed by atoms with Crippen LogP contribution in [-0.4, -0.2) is 240 Å². The van der Waals surface area contributed by atoms with Crippen molar-refractivity contribution in [3.05, 3.63) is 63.3 Å². The third kappa shape index (κ3) is 80.8. The van der Waals surface area contributed by atoms with E-state index in [0.29, 0.717) is 89.5 Å². The molecular weight excluding hydrogens is 1680 g/mol. The van der Waals surface area contributed by atoms with Gasteiger partial charge in [0.05, 0.1) is 33.0 Å². The molecule has 0 saturated carbocycles. The molecule has 0 aliphatic carbocycles. The minimum atomic E-state index is -4.67. The number of ether oxygens (including phenoxy) is 10. The zero-order chi connectivity index (χ0) is 82.8. The van der Waals surface area contributed by atoms with Crippen LogP contribution in [0.5, 0.6) is 0 Å². The van der Waals surface area contributed by atoms with Gasteiger partial charge in [-0.25, -0.2) is 24.0 Å². The van der Waals surface area contributed by atoms with E-state index in [2.05, 4.69) is 145 Å². The van der Waals surface area contributed by atoms with E-state index >= 15 is 0 Å². The molecule has 0 bridgehead atoms. The topological polar surface area (TPSA) is 335 Å². The van der Waals surface area contributed by atoms with Crippen LogP contribution in [0.4, 0.5) is 0 Å². The number of rotatable bonds is 56. The molecule has 0 aromatic heterocycles. The Kier molecular flexibility index (Phi) is 79.3. The SMILES string of the molecule is C.C.C.C.C.C.C.C=CC(=O)OCCOCCC[Si](C)(O[Si](C)(C)C)O[Si](C)(CCCC)O[Si](C)(C)C.C=CC(=O)OCCOCCC[Si]1(C)O[Si](C)(CCCOCCOC(=O)C=C)O[Si](C)(CCCOCCOC(=O)C=C)O[Si](C)(CCCOCCOC(=O)C=C)O1.CCCC[Si](C)(O[Si](C)(C)C)O[Si](C)(C)C.O=S(=O)(O)O. The maximum atomic E-state index is 11.4. The summed E-state index contributed by atoms with van der Waals surface area (Å²) in [5.74, 6) is -2.44. The van der Waals surface area contributed by atoms with Crippen LogP contribution in [0.15, 0.2) is 63.3 Å². The summed E-state index contributed by atoms with van der Waals surface area (Å²) in [4.78, 5) is 56.5. The second-order valence-electron chi connectivity index (χ2n) is 30.4. The van der Waals surface area contributed by atoms with Crippen molar-refractivity contribution in [1.29, 1.82) is 0 Å². The Labute approximate surface area is 707 Å². The summed E-state index contributed by atoms with van der Waals surface area (Å²) in [5.41, 5.74) is 0. The number of hydrogen-bond acceptors (Lipinski definition) is 26. The second-order valence-corrected chi connectivity index (χ2v) is 74.9. The van der Waals surface area contributed by atoms with E-state index in [1.807, 2.05) is 26.2 Å². The quantitative estimate of drug-likeness (QED) is 0.0143. The molecule has 0 radical (unpaired) electrons. The molecule has 684 valence electrons. The number of carbonyl (C=O) groups is 5. The summed E-state index contributed by atoms with van der Waals surface area (Å²) in [6, 6.07) is 5.46. The molecule has 28 nitrogen and oxygen atoms in total. The predicted molar refractivity (Wildman–Crippen MR) is 492 cm³/mol. The Morgan fingerprint density at radius 2 is 0.474 bits per heavy atom. The van der Waals surface area contributed by atoms with Gasteiger partial charge in [0.2, 0.25) is 0 Å². The van der Waals surface area contributed by atoms with Gasteiger partial charge in [0.15, 0.2) is 33.3 Å². The molecule has 1 heterocycles. The molecule has 0 amide bonds. The van der Waals surface area contributed by atoms with Crippen LogP contribution >= 0.6 is 0 Å². The number of hydrogen-bond donors (Lipinski definition) is 2. The van der Waals surface area contributed by atoms with Gasteiger partial charge in [-0.3, -0.25) is 9.11 Å². The molecule has 1 fully saturated rings. The molecule has 114 heavy (non-hydrogen) atoms. The Hall–Kier alpha value is -2.25. The van der Waals surface area contributed by atoms with Gasteiger partial charge in [-0.1, -0.05) is 124 Å². The molecular formula is C74H170O28SSi11. The van der Waals surface area contributed by atoms with Crippen LogP contribution in [0.2, 0.25) is 167 Å². The molecule has 2 atom stereocenters. The highest BCUT2D eigenvalue weighted by atomic mass is 32.3. The Bertz CT molecular complexity index is 2450. The monoisotopic (exact) mass is 1850 g/mol. The Morgan fingerprint density at radius 3 is 0.640 bits per heavy atom. The Morgan fingerprint density at radius 1 is 0.307 bits per heavy atom. The van der Waals surface area contributed by atoms with E-state index < -0.39 is 133 Å². The summed E-state index contributed by atoms with van der Waals surface area (Å²) in [6.45, 7) is 67.6. The lowest BCUT2D eigenvalue weighted by Crippen LogP contribution is -2.67. The van der Waals surface area contributed by atoms with E-state index in [1.54, 1.807) is 0 Å². The van der Waals surface area contributed by atoms with Gasteiger partial charge in [-0.15, -0.1) is 0 Å². The molecule has 1 saturated heterocycles. The first-order chi connectivity index (χ1) is 49.3. The van der Waals surface area contributed by atoms with Gasteiger partial charge in [-0.2, -0.15) is 8.42 Å². The van der Waals surface area contributed by atoms with Crippen LogP contribution in [0, 0.1) is 0 Å². The lowest BCUT2D eigenvalue weighted by Gasteiger charge is -2.50. The standard InChI is InChI=1S/C36H64O16Si4.C20H46O6Si4.C11H30O2Si3.7CH4.H2O4S/c1-9-33(37)45-25-21-41-17-13-29-53(5)49-54(6,30-14-18-42-22-26-46-34(38)10-2)51-56(8,32-16-20-44-24-28-48-36(40)12-4)52-55(7,50-53)31-15-19-43-23-27-47-35(39)11-3;1-11-13-18-29(9,24-27(3,4)5)26-30(10,25-28(6,7)8)19-14-15-22-16-17-23-20(21)12-2;1-9-10-11-16(8,12-14(2,3)4)13-15(5,6)7;;;;;;;;1-5(2,3)4/h9-12H,1-4,13-32H2,5-8H3;12H,2,11,13-19H2,1,3-10H3;9-11H2,1-8H3;7*1H4;(H2,1,2,3,4). The molecule has 0 aromatic carbocycles. The number of unbranched alkanes of at least 4 members (excludes halogenated alkanes) is 2.